The zero-order valence-electron chi connectivity index (χ0n) is 14.1. The molecule has 3 atom stereocenters. The van der Waals surface area contributed by atoms with Crippen molar-refractivity contribution in [3.05, 3.63) is 0 Å². The molecule has 2 heteroatoms. The molecule has 0 aromatic carbocycles. The smallest absolute Gasteiger partial charge is 0.0128 e. The van der Waals surface area contributed by atoms with Gasteiger partial charge in [0.15, 0.2) is 0 Å². The van der Waals surface area contributed by atoms with Crippen LogP contribution in [0.5, 0.6) is 0 Å². The summed E-state index contributed by atoms with van der Waals surface area (Å²) in [4.78, 5) is 2.62. The van der Waals surface area contributed by atoms with Gasteiger partial charge in [-0.15, -0.1) is 0 Å². The number of hydrogen-bond donors (Lipinski definition) is 1. The highest BCUT2D eigenvalue weighted by Crippen LogP contribution is 2.27. The maximum absolute atomic E-state index is 3.66. The van der Waals surface area contributed by atoms with Crippen LogP contribution in [-0.2, 0) is 0 Å². The van der Waals surface area contributed by atoms with Crippen molar-refractivity contribution in [2.75, 3.05) is 20.1 Å². The molecule has 2 nitrogen and oxygen atoms in total. The van der Waals surface area contributed by atoms with Crippen molar-refractivity contribution in [3.8, 4) is 0 Å². The van der Waals surface area contributed by atoms with Crippen LogP contribution in [0.1, 0.15) is 66.7 Å². The molecule has 0 heterocycles. The number of hydrogen-bond acceptors (Lipinski definition) is 2. The summed E-state index contributed by atoms with van der Waals surface area (Å²) in [5.41, 5.74) is 0.358. The molecule has 0 saturated heterocycles. The Morgan fingerprint density at radius 1 is 1.26 bits per heavy atom. The monoisotopic (exact) mass is 268 g/mol. The van der Waals surface area contributed by atoms with Gasteiger partial charge in [0.2, 0.25) is 0 Å². The largest absolute Gasteiger partial charge is 0.314 e. The first kappa shape index (κ1) is 17.0. The number of nitrogens with zero attached hydrogens (tertiary/aromatic N) is 1. The van der Waals surface area contributed by atoms with E-state index in [4.69, 9.17) is 0 Å². The summed E-state index contributed by atoms with van der Waals surface area (Å²) in [6.07, 6.45) is 6.93. The van der Waals surface area contributed by atoms with E-state index in [9.17, 15) is 0 Å². The molecule has 1 rings (SSSR count). The highest BCUT2D eigenvalue weighted by molar-refractivity contribution is 4.83. The van der Waals surface area contributed by atoms with Gasteiger partial charge in [-0.1, -0.05) is 47.5 Å². The average molecular weight is 268 g/mol. The summed E-state index contributed by atoms with van der Waals surface area (Å²) in [5, 5.41) is 3.66. The Kier molecular flexibility index (Phi) is 6.82. The van der Waals surface area contributed by atoms with Crippen LogP contribution in [0, 0.1) is 11.3 Å². The summed E-state index contributed by atoms with van der Waals surface area (Å²) in [6, 6.07) is 1.45. The second-order valence-corrected chi connectivity index (χ2v) is 7.67. The summed E-state index contributed by atoms with van der Waals surface area (Å²) in [7, 11) is 2.33. The van der Waals surface area contributed by atoms with Crippen LogP contribution in [0.2, 0.25) is 0 Å². The fourth-order valence-corrected chi connectivity index (χ4v) is 3.41. The zero-order valence-corrected chi connectivity index (χ0v) is 14.1. The summed E-state index contributed by atoms with van der Waals surface area (Å²) >= 11 is 0. The minimum atomic E-state index is 0.358. The molecule has 0 radical (unpaired) electrons. The van der Waals surface area contributed by atoms with Gasteiger partial charge in [0, 0.05) is 12.1 Å². The molecule has 0 aromatic heterocycles. The first-order valence-corrected chi connectivity index (χ1v) is 8.28. The lowest BCUT2D eigenvalue weighted by atomic mass is 9.83. The molecule has 114 valence electrons. The Morgan fingerprint density at radius 2 is 1.95 bits per heavy atom. The van der Waals surface area contributed by atoms with Crippen molar-refractivity contribution in [2.45, 2.75) is 78.8 Å². The quantitative estimate of drug-likeness (QED) is 0.785. The van der Waals surface area contributed by atoms with E-state index >= 15 is 0 Å². The lowest BCUT2D eigenvalue weighted by Gasteiger charge is -2.37. The molecule has 19 heavy (non-hydrogen) atoms. The Hall–Kier alpha value is -0.0800. The van der Waals surface area contributed by atoms with Gasteiger partial charge in [-0.25, -0.2) is 0 Å². The van der Waals surface area contributed by atoms with E-state index in [-0.39, 0.29) is 0 Å². The third-order valence-corrected chi connectivity index (χ3v) is 4.80. The van der Waals surface area contributed by atoms with Gasteiger partial charge in [0.05, 0.1) is 0 Å². The lowest BCUT2D eigenvalue weighted by molar-refractivity contribution is 0.145. The average Bonchev–Trinajstić information content (AvgIpc) is 2.32. The second-order valence-electron chi connectivity index (χ2n) is 7.67. The highest BCUT2D eigenvalue weighted by Gasteiger charge is 2.26. The van der Waals surface area contributed by atoms with Crippen molar-refractivity contribution < 1.29 is 0 Å². The van der Waals surface area contributed by atoms with Crippen molar-refractivity contribution in [2.24, 2.45) is 11.3 Å². The van der Waals surface area contributed by atoms with E-state index in [0.29, 0.717) is 11.5 Å². The van der Waals surface area contributed by atoms with E-state index in [1.54, 1.807) is 0 Å². The molecular formula is C17H36N2. The molecule has 0 spiro atoms. The molecule has 1 aliphatic carbocycles. The van der Waals surface area contributed by atoms with Gasteiger partial charge in [-0.2, -0.15) is 0 Å². The summed E-state index contributed by atoms with van der Waals surface area (Å²) in [5.74, 6) is 0.924. The molecule has 3 unspecified atom stereocenters. The van der Waals surface area contributed by atoms with Crippen LogP contribution in [0.15, 0.2) is 0 Å². The molecule has 0 aliphatic heterocycles. The third-order valence-electron chi connectivity index (χ3n) is 4.80. The fraction of sp³-hybridized carbons (Fsp3) is 1.00. The summed E-state index contributed by atoms with van der Waals surface area (Å²) < 4.78 is 0. The maximum atomic E-state index is 3.66. The minimum absolute atomic E-state index is 0.358. The molecule has 0 amide bonds. The van der Waals surface area contributed by atoms with Crippen LogP contribution >= 0.6 is 0 Å². The highest BCUT2D eigenvalue weighted by atomic mass is 15.1. The number of nitrogens with one attached hydrogen (secondary N) is 1. The Bertz CT molecular complexity index is 244. The van der Waals surface area contributed by atoms with E-state index < -0.39 is 0 Å². The maximum Gasteiger partial charge on any atom is 0.0128 e. The standard InChI is InChI=1S/C17H36N2/c1-7-18-16(17(3,4)5)11-12-19(6)15-10-8-9-14(2)13-15/h14-16,18H,7-13H2,1-6H3. The van der Waals surface area contributed by atoms with Crippen LogP contribution in [-0.4, -0.2) is 37.1 Å². The Balaban J connectivity index is 2.40. The zero-order chi connectivity index (χ0) is 14.5. The Morgan fingerprint density at radius 3 is 2.47 bits per heavy atom. The predicted molar refractivity (Wildman–Crippen MR) is 85.6 cm³/mol. The van der Waals surface area contributed by atoms with E-state index in [1.165, 1.54) is 38.6 Å². The third kappa shape index (κ3) is 5.83. The van der Waals surface area contributed by atoms with Gasteiger partial charge in [-0.05, 0) is 50.7 Å². The molecule has 0 bridgehead atoms. The normalized spacial score (nSPS) is 26.7. The summed E-state index contributed by atoms with van der Waals surface area (Å²) in [6.45, 7) is 14.0. The van der Waals surface area contributed by atoms with Crippen molar-refractivity contribution in [1.82, 2.24) is 10.2 Å². The number of rotatable bonds is 6. The van der Waals surface area contributed by atoms with E-state index in [1.807, 2.05) is 0 Å². The topological polar surface area (TPSA) is 15.3 Å². The minimum Gasteiger partial charge on any atom is -0.314 e. The van der Waals surface area contributed by atoms with E-state index in [2.05, 4.69) is 51.9 Å². The molecule has 1 fully saturated rings. The van der Waals surface area contributed by atoms with E-state index in [0.717, 1.165) is 18.5 Å². The van der Waals surface area contributed by atoms with Crippen molar-refractivity contribution in [3.63, 3.8) is 0 Å². The predicted octanol–water partition coefficient (Wildman–Crippen LogP) is 3.91. The molecule has 1 aliphatic rings. The second kappa shape index (κ2) is 7.64. The SMILES string of the molecule is CCNC(CCN(C)C1CCCC(C)C1)C(C)(C)C. The van der Waals surface area contributed by atoms with Crippen LogP contribution in [0.3, 0.4) is 0 Å². The van der Waals surface area contributed by atoms with Crippen molar-refractivity contribution >= 4 is 0 Å². The molecule has 1 N–H and O–H groups in total. The van der Waals surface area contributed by atoms with Gasteiger partial charge in [-0.3, -0.25) is 0 Å². The molecule has 0 aromatic rings. The molecule has 1 saturated carbocycles. The van der Waals surface area contributed by atoms with Gasteiger partial charge in [0.25, 0.3) is 0 Å². The van der Waals surface area contributed by atoms with Crippen LogP contribution in [0.25, 0.3) is 0 Å². The van der Waals surface area contributed by atoms with Crippen LogP contribution < -0.4 is 5.32 Å². The van der Waals surface area contributed by atoms with Gasteiger partial charge in [0.1, 0.15) is 0 Å². The Labute approximate surface area is 121 Å². The lowest BCUT2D eigenvalue weighted by Crippen LogP contribution is -2.44. The molecular weight excluding hydrogens is 232 g/mol. The fourth-order valence-electron chi connectivity index (χ4n) is 3.41. The van der Waals surface area contributed by atoms with Gasteiger partial charge < -0.3 is 10.2 Å². The van der Waals surface area contributed by atoms with Crippen molar-refractivity contribution in [1.29, 1.82) is 0 Å². The first-order chi connectivity index (χ1) is 8.84. The first-order valence-electron chi connectivity index (χ1n) is 8.28. The van der Waals surface area contributed by atoms with Gasteiger partial charge >= 0.3 is 0 Å². The van der Waals surface area contributed by atoms with Crippen LogP contribution in [0.4, 0.5) is 0 Å².